The van der Waals surface area contributed by atoms with Crippen LogP contribution >= 0.6 is 0 Å². The number of carbonyl (C=O) groups is 1. The van der Waals surface area contributed by atoms with Gasteiger partial charge in [0.25, 0.3) is 0 Å². The number of nitrogens with zero attached hydrogens (tertiary/aromatic N) is 5. The number of imidazole rings is 1. The van der Waals surface area contributed by atoms with Gasteiger partial charge in [0, 0.05) is 19.8 Å². The zero-order chi connectivity index (χ0) is 15.6. The SMILES string of the molecule is Cn1cncc1-c1c(C(=O)O)nnn1CCCS(C)(=O)=O. The molecule has 1 N–H and O–H groups in total. The number of carboxylic acid groups (broad SMARTS) is 1. The van der Waals surface area contributed by atoms with Crippen LogP contribution in [0.2, 0.25) is 0 Å². The van der Waals surface area contributed by atoms with Crippen LogP contribution in [0.3, 0.4) is 0 Å². The van der Waals surface area contributed by atoms with Gasteiger partial charge in [-0.25, -0.2) is 22.9 Å². The van der Waals surface area contributed by atoms with Crippen molar-refractivity contribution in [2.75, 3.05) is 12.0 Å². The summed E-state index contributed by atoms with van der Waals surface area (Å²) in [5.74, 6) is -1.19. The average molecular weight is 313 g/mol. The molecule has 0 bridgehead atoms. The minimum atomic E-state index is -3.07. The fourth-order valence-corrected chi connectivity index (χ4v) is 2.58. The predicted molar refractivity (Wildman–Crippen MR) is 73.5 cm³/mol. The minimum Gasteiger partial charge on any atom is -0.476 e. The van der Waals surface area contributed by atoms with Gasteiger partial charge in [0.2, 0.25) is 0 Å². The van der Waals surface area contributed by atoms with Gasteiger partial charge in [-0.2, -0.15) is 0 Å². The summed E-state index contributed by atoms with van der Waals surface area (Å²) in [5.41, 5.74) is 0.686. The number of aryl methyl sites for hydroxylation is 2. The summed E-state index contributed by atoms with van der Waals surface area (Å²) >= 11 is 0. The van der Waals surface area contributed by atoms with Crippen LogP contribution in [0.25, 0.3) is 11.4 Å². The molecule has 0 aliphatic carbocycles. The largest absolute Gasteiger partial charge is 0.476 e. The summed E-state index contributed by atoms with van der Waals surface area (Å²) in [6.45, 7) is 0.258. The van der Waals surface area contributed by atoms with Crippen LogP contribution in [0, 0.1) is 0 Å². The smallest absolute Gasteiger partial charge is 0.358 e. The van der Waals surface area contributed by atoms with E-state index in [1.807, 2.05) is 0 Å². The van der Waals surface area contributed by atoms with E-state index in [0.717, 1.165) is 6.26 Å². The second-order valence-corrected chi connectivity index (χ2v) is 6.95. The first-order valence-electron chi connectivity index (χ1n) is 6.11. The number of hydrogen-bond acceptors (Lipinski definition) is 6. The molecule has 10 heteroatoms. The quantitative estimate of drug-likeness (QED) is 0.784. The Morgan fingerprint density at radius 2 is 2.14 bits per heavy atom. The molecule has 0 aromatic carbocycles. The molecule has 0 atom stereocenters. The maximum absolute atomic E-state index is 11.2. The molecular formula is C11H15N5O4S. The van der Waals surface area contributed by atoms with Crippen LogP contribution in [0.4, 0.5) is 0 Å². The van der Waals surface area contributed by atoms with E-state index in [9.17, 15) is 18.3 Å². The van der Waals surface area contributed by atoms with Crippen LogP contribution < -0.4 is 0 Å². The van der Waals surface area contributed by atoms with Crippen LogP contribution in [0.15, 0.2) is 12.5 Å². The summed E-state index contributed by atoms with van der Waals surface area (Å²) in [6, 6.07) is 0. The van der Waals surface area contributed by atoms with Crippen molar-refractivity contribution in [3.05, 3.63) is 18.2 Å². The molecule has 2 rings (SSSR count). The van der Waals surface area contributed by atoms with E-state index in [0.29, 0.717) is 17.8 Å². The summed E-state index contributed by atoms with van der Waals surface area (Å²) < 4.78 is 25.3. The number of aromatic carboxylic acids is 1. The van der Waals surface area contributed by atoms with Crippen LogP contribution in [-0.4, -0.2) is 56.0 Å². The van der Waals surface area contributed by atoms with Gasteiger partial charge in [-0.05, 0) is 6.42 Å². The summed E-state index contributed by atoms with van der Waals surface area (Å²) in [6.07, 6.45) is 4.53. The molecule has 9 nitrogen and oxygen atoms in total. The van der Waals surface area contributed by atoms with Crippen molar-refractivity contribution < 1.29 is 18.3 Å². The van der Waals surface area contributed by atoms with Gasteiger partial charge in [-0.15, -0.1) is 5.10 Å². The van der Waals surface area contributed by atoms with E-state index in [1.54, 1.807) is 11.6 Å². The van der Waals surface area contributed by atoms with Crippen LogP contribution in [-0.2, 0) is 23.4 Å². The Kier molecular flexibility index (Phi) is 4.07. The average Bonchev–Trinajstić information content (AvgIpc) is 2.93. The van der Waals surface area contributed by atoms with Gasteiger partial charge in [0.15, 0.2) is 5.69 Å². The standard InChI is InChI=1S/C11H15N5O4S/c1-15-7-12-6-8(15)10-9(11(17)18)13-14-16(10)4-3-5-21(2,19)20/h6-7H,3-5H2,1-2H3,(H,17,18). The molecule has 2 heterocycles. The first kappa shape index (κ1) is 15.2. The molecular weight excluding hydrogens is 298 g/mol. The first-order chi connectivity index (χ1) is 9.79. The molecule has 0 amide bonds. The monoisotopic (exact) mass is 313 g/mol. The van der Waals surface area contributed by atoms with Crippen molar-refractivity contribution in [3.8, 4) is 11.4 Å². The normalized spacial score (nSPS) is 11.7. The highest BCUT2D eigenvalue weighted by Gasteiger charge is 2.22. The molecule has 0 fully saturated rings. The molecule has 114 valence electrons. The third-order valence-corrected chi connectivity index (χ3v) is 3.91. The number of carboxylic acids is 1. The Bertz CT molecular complexity index is 761. The molecule has 2 aromatic heterocycles. The molecule has 0 aliphatic rings. The fourth-order valence-electron chi connectivity index (χ4n) is 1.93. The van der Waals surface area contributed by atoms with Gasteiger partial charge < -0.3 is 9.67 Å². The Balaban J connectivity index is 2.34. The number of sulfone groups is 1. The predicted octanol–water partition coefficient (Wildman–Crippen LogP) is -0.189. The summed E-state index contributed by atoms with van der Waals surface area (Å²) in [7, 11) is -1.35. The van der Waals surface area contributed by atoms with Crippen molar-refractivity contribution in [2.45, 2.75) is 13.0 Å². The van der Waals surface area contributed by atoms with E-state index in [4.69, 9.17) is 0 Å². The molecule has 0 saturated carbocycles. The van der Waals surface area contributed by atoms with Gasteiger partial charge >= 0.3 is 5.97 Å². The number of hydrogen-bond donors (Lipinski definition) is 1. The lowest BCUT2D eigenvalue weighted by atomic mass is 10.2. The third kappa shape index (κ3) is 3.45. The number of rotatable bonds is 6. The molecule has 0 spiro atoms. The van der Waals surface area contributed by atoms with Gasteiger partial charge in [-0.3, -0.25) is 0 Å². The lowest BCUT2D eigenvalue weighted by molar-refractivity contribution is 0.0691. The van der Waals surface area contributed by atoms with E-state index >= 15 is 0 Å². The third-order valence-electron chi connectivity index (χ3n) is 2.88. The highest BCUT2D eigenvalue weighted by atomic mass is 32.2. The van der Waals surface area contributed by atoms with Crippen LogP contribution in [0.1, 0.15) is 16.9 Å². The Labute approximate surface area is 121 Å². The van der Waals surface area contributed by atoms with E-state index in [2.05, 4.69) is 15.3 Å². The lowest BCUT2D eigenvalue weighted by Crippen LogP contribution is -2.11. The van der Waals surface area contributed by atoms with Crippen molar-refractivity contribution in [2.24, 2.45) is 7.05 Å². The maximum atomic E-state index is 11.2. The fraction of sp³-hybridized carbons (Fsp3) is 0.455. The molecule has 2 aromatic rings. The second-order valence-electron chi connectivity index (χ2n) is 4.69. The van der Waals surface area contributed by atoms with Gasteiger partial charge in [0.05, 0.1) is 24.0 Å². The molecule has 0 aliphatic heterocycles. The highest BCUT2D eigenvalue weighted by Crippen LogP contribution is 2.21. The lowest BCUT2D eigenvalue weighted by Gasteiger charge is -2.07. The second kappa shape index (κ2) is 5.64. The highest BCUT2D eigenvalue weighted by molar-refractivity contribution is 7.90. The Morgan fingerprint density at radius 3 is 2.67 bits per heavy atom. The summed E-state index contributed by atoms with van der Waals surface area (Å²) in [4.78, 5) is 15.2. The molecule has 21 heavy (non-hydrogen) atoms. The zero-order valence-electron chi connectivity index (χ0n) is 11.6. The van der Waals surface area contributed by atoms with Gasteiger partial charge in [0.1, 0.15) is 15.5 Å². The van der Waals surface area contributed by atoms with Gasteiger partial charge in [-0.1, -0.05) is 5.21 Å². The van der Waals surface area contributed by atoms with E-state index in [1.165, 1.54) is 17.2 Å². The van der Waals surface area contributed by atoms with E-state index < -0.39 is 15.8 Å². The Morgan fingerprint density at radius 1 is 1.43 bits per heavy atom. The van der Waals surface area contributed by atoms with Crippen molar-refractivity contribution >= 4 is 15.8 Å². The molecule has 0 saturated heterocycles. The van der Waals surface area contributed by atoms with Crippen LogP contribution in [0.5, 0.6) is 0 Å². The topological polar surface area (TPSA) is 120 Å². The first-order valence-corrected chi connectivity index (χ1v) is 8.17. The maximum Gasteiger partial charge on any atom is 0.358 e. The number of aromatic nitrogens is 5. The van der Waals surface area contributed by atoms with E-state index in [-0.39, 0.29) is 18.0 Å². The summed E-state index contributed by atoms with van der Waals surface area (Å²) in [5, 5.41) is 16.6. The van der Waals surface area contributed by atoms with Crippen molar-refractivity contribution in [1.82, 2.24) is 24.5 Å². The molecule has 0 unspecified atom stereocenters. The molecule has 0 radical (unpaired) electrons. The van der Waals surface area contributed by atoms with Crippen molar-refractivity contribution in [3.63, 3.8) is 0 Å². The zero-order valence-corrected chi connectivity index (χ0v) is 12.4. The van der Waals surface area contributed by atoms with Crippen molar-refractivity contribution in [1.29, 1.82) is 0 Å². The minimum absolute atomic E-state index is 0.0000909. The Hall–Kier alpha value is -2.23.